The van der Waals surface area contributed by atoms with Crippen molar-refractivity contribution in [1.29, 1.82) is 5.26 Å². The smallest absolute Gasteiger partial charge is 0.264 e. The summed E-state index contributed by atoms with van der Waals surface area (Å²) in [5.41, 5.74) is 4.83. The molecule has 5 heteroatoms. The maximum Gasteiger partial charge on any atom is 0.264 e. The minimum atomic E-state index is -3.02. The third kappa shape index (κ3) is 2.96. The number of hydrogen-bond acceptors (Lipinski definition) is 2. The second kappa shape index (κ2) is 4.32. The van der Waals surface area contributed by atoms with Crippen LogP contribution in [0.1, 0.15) is 11.1 Å². The van der Waals surface area contributed by atoms with Crippen molar-refractivity contribution in [3.05, 3.63) is 35.1 Å². The summed E-state index contributed by atoms with van der Waals surface area (Å²) in [7, 11) is 0. The van der Waals surface area contributed by atoms with Crippen molar-refractivity contribution < 1.29 is 13.2 Å². The van der Waals surface area contributed by atoms with Gasteiger partial charge < -0.3 is 5.73 Å². The number of benzene rings is 1. The van der Waals surface area contributed by atoms with E-state index in [1.165, 1.54) is 6.07 Å². The van der Waals surface area contributed by atoms with Crippen molar-refractivity contribution in [2.75, 3.05) is 6.54 Å². The first-order valence-corrected chi connectivity index (χ1v) is 4.25. The molecule has 0 bridgehead atoms. The molecular weight excluding hydrogens is 205 g/mol. The van der Waals surface area contributed by atoms with Gasteiger partial charge in [-0.05, 0) is 17.7 Å². The Balaban J connectivity index is 2.94. The molecule has 0 unspecified atom stereocenters. The van der Waals surface area contributed by atoms with E-state index in [1.54, 1.807) is 6.07 Å². The molecule has 15 heavy (non-hydrogen) atoms. The third-order valence-corrected chi connectivity index (χ3v) is 1.91. The van der Waals surface area contributed by atoms with E-state index < -0.39 is 24.7 Å². The summed E-state index contributed by atoms with van der Waals surface area (Å²) in [6.07, 6.45) is -0.585. The van der Waals surface area contributed by atoms with Crippen LogP contribution < -0.4 is 5.73 Å². The van der Waals surface area contributed by atoms with E-state index in [1.807, 2.05) is 0 Å². The summed E-state index contributed by atoms with van der Waals surface area (Å²) < 4.78 is 38.6. The molecule has 0 fully saturated rings. The highest BCUT2D eigenvalue weighted by molar-refractivity contribution is 5.34. The molecule has 1 rings (SSSR count). The number of hydrogen-bond donors (Lipinski definition) is 1. The summed E-state index contributed by atoms with van der Waals surface area (Å²) in [4.78, 5) is 0. The first kappa shape index (κ1) is 11.5. The molecule has 0 aliphatic heterocycles. The topological polar surface area (TPSA) is 49.8 Å². The van der Waals surface area contributed by atoms with Gasteiger partial charge in [0.1, 0.15) is 11.9 Å². The van der Waals surface area contributed by atoms with Gasteiger partial charge in [-0.2, -0.15) is 5.26 Å². The molecule has 1 aromatic rings. The van der Waals surface area contributed by atoms with Gasteiger partial charge in [-0.25, -0.2) is 13.2 Å². The van der Waals surface area contributed by atoms with E-state index in [2.05, 4.69) is 0 Å². The number of rotatable bonds is 3. The fourth-order valence-electron chi connectivity index (χ4n) is 1.14. The quantitative estimate of drug-likeness (QED) is 0.834. The molecule has 0 saturated heterocycles. The molecule has 0 atom stereocenters. The van der Waals surface area contributed by atoms with E-state index in [-0.39, 0.29) is 11.1 Å². The molecule has 0 aromatic heterocycles. The lowest BCUT2D eigenvalue weighted by atomic mass is 10.0. The van der Waals surface area contributed by atoms with Crippen molar-refractivity contribution in [3.63, 3.8) is 0 Å². The molecule has 1 aromatic carbocycles. The van der Waals surface area contributed by atoms with Gasteiger partial charge in [0.25, 0.3) is 5.92 Å². The Hall–Kier alpha value is -1.54. The molecule has 0 amide bonds. The number of halogens is 3. The first-order chi connectivity index (χ1) is 6.98. The number of alkyl halides is 2. The largest absolute Gasteiger partial charge is 0.325 e. The third-order valence-electron chi connectivity index (χ3n) is 1.91. The van der Waals surface area contributed by atoms with Crippen LogP contribution in [0.15, 0.2) is 18.2 Å². The predicted molar refractivity (Wildman–Crippen MR) is 48.8 cm³/mol. The molecular formula is C10H9F3N2. The lowest BCUT2D eigenvalue weighted by Gasteiger charge is -2.13. The van der Waals surface area contributed by atoms with Crippen LogP contribution in [0.4, 0.5) is 13.2 Å². The van der Waals surface area contributed by atoms with Gasteiger partial charge in [-0.15, -0.1) is 0 Å². The molecule has 0 heterocycles. The number of nitriles is 1. The summed E-state index contributed by atoms with van der Waals surface area (Å²) in [5, 5.41) is 8.50. The van der Waals surface area contributed by atoms with Crippen LogP contribution in [-0.4, -0.2) is 12.5 Å². The Labute approximate surface area is 85.1 Å². The van der Waals surface area contributed by atoms with Gasteiger partial charge in [0.2, 0.25) is 0 Å². The lowest BCUT2D eigenvalue weighted by Crippen LogP contribution is -2.30. The normalized spacial score (nSPS) is 11.1. The van der Waals surface area contributed by atoms with Gasteiger partial charge in [0.15, 0.2) is 0 Å². The molecule has 2 nitrogen and oxygen atoms in total. The first-order valence-electron chi connectivity index (χ1n) is 4.25. The Morgan fingerprint density at radius 3 is 2.60 bits per heavy atom. The molecule has 0 aliphatic carbocycles. The monoisotopic (exact) mass is 214 g/mol. The molecule has 0 saturated carbocycles. The molecule has 0 spiro atoms. The summed E-state index contributed by atoms with van der Waals surface area (Å²) in [6, 6.07) is 4.92. The van der Waals surface area contributed by atoms with E-state index >= 15 is 0 Å². The van der Waals surface area contributed by atoms with Crippen molar-refractivity contribution in [1.82, 2.24) is 0 Å². The average molecular weight is 214 g/mol. The van der Waals surface area contributed by atoms with Crippen LogP contribution in [0.5, 0.6) is 0 Å². The van der Waals surface area contributed by atoms with Crippen molar-refractivity contribution >= 4 is 0 Å². The Morgan fingerprint density at radius 2 is 2.07 bits per heavy atom. The van der Waals surface area contributed by atoms with Gasteiger partial charge in [0.05, 0.1) is 12.1 Å². The van der Waals surface area contributed by atoms with E-state index in [9.17, 15) is 13.2 Å². The highest BCUT2D eigenvalue weighted by atomic mass is 19.3. The number of nitrogens with two attached hydrogens (primary N) is 1. The van der Waals surface area contributed by atoms with Gasteiger partial charge in [-0.3, -0.25) is 0 Å². The maximum absolute atomic E-state index is 12.9. The summed E-state index contributed by atoms with van der Waals surface area (Å²) in [6.45, 7) is -0.772. The van der Waals surface area contributed by atoms with E-state index in [0.29, 0.717) is 0 Å². The van der Waals surface area contributed by atoms with Crippen LogP contribution in [0.25, 0.3) is 0 Å². The zero-order valence-electron chi connectivity index (χ0n) is 7.80. The highest BCUT2D eigenvalue weighted by Crippen LogP contribution is 2.20. The molecule has 80 valence electrons. The van der Waals surface area contributed by atoms with Crippen LogP contribution in [-0.2, 0) is 6.42 Å². The van der Waals surface area contributed by atoms with Crippen LogP contribution in [0.3, 0.4) is 0 Å². The minimum Gasteiger partial charge on any atom is -0.325 e. The standard InChI is InChI=1S/C10H9F3N2/c11-9-2-1-7(3-8(9)5-14)4-10(12,13)6-15/h1-3H,4,6,15H2. The SMILES string of the molecule is N#Cc1cc(CC(F)(F)CN)ccc1F. The van der Waals surface area contributed by atoms with Crippen molar-refractivity contribution in [2.45, 2.75) is 12.3 Å². The zero-order chi connectivity index (χ0) is 11.5. The van der Waals surface area contributed by atoms with E-state index in [4.69, 9.17) is 11.0 Å². The Kier molecular flexibility index (Phi) is 3.32. The van der Waals surface area contributed by atoms with Gasteiger partial charge in [0, 0.05) is 6.42 Å². The molecule has 0 aliphatic rings. The Morgan fingerprint density at radius 1 is 1.40 bits per heavy atom. The highest BCUT2D eigenvalue weighted by Gasteiger charge is 2.27. The summed E-state index contributed by atoms with van der Waals surface area (Å²) >= 11 is 0. The minimum absolute atomic E-state index is 0.198. The van der Waals surface area contributed by atoms with Crippen LogP contribution >= 0.6 is 0 Å². The van der Waals surface area contributed by atoms with Crippen molar-refractivity contribution in [2.24, 2.45) is 5.73 Å². The molecule has 2 N–H and O–H groups in total. The Bertz CT molecular complexity index is 396. The lowest BCUT2D eigenvalue weighted by molar-refractivity contribution is 0.0115. The van der Waals surface area contributed by atoms with Crippen molar-refractivity contribution in [3.8, 4) is 6.07 Å². The molecule has 0 radical (unpaired) electrons. The van der Waals surface area contributed by atoms with E-state index in [0.717, 1.165) is 12.1 Å². The predicted octanol–water partition coefficient (Wildman–Crippen LogP) is 1.83. The van der Waals surface area contributed by atoms with Crippen LogP contribution in [0, 0.1) is 17.1 Å². The second-order valence-corrected chi connectivity index (χ2v) is 3.16. The second-order valence-electron chi connectivity index (χ2n) is 3.16. The average Bonchev–Trinajstić information content (AvgIpc) is 2.20. The fourth-order valence-corrected chi connectivity index (χ4v) is 1.14. The van der Waals surface area contributed by atoms with Gasteiger partial charge >= 0.3 is 0 Å². The maximum atomic E-state index is 12.9. The van der Waals surface area contributed by atoms with Crippen LogP contribution in [0.2, 0.25) is 0 Å². The summed E-state index contributed by atoms with van der Waals surface area (Å²) in [5.74, 6) is -3.73. The zero-order valence-corrected chi connectivity index (χ0v) is 7.80. The number of nitrogens with zero attached hydrogens (tertiary/aromatic N) is 1. The van der Waals surface area contributed by atoms with Gasteiger partial charge in [-0.1, -0.05) is 6.07 Å². The fraction of sp³-hybridized carbons (Fsp3) is 0.300.